The number of benzene rings is 2. The predicted molar refractivity (Wildman–Crippen MR) is 80.9 cm³/mol. The van der Waals surface area contributed by atoms with Gasteiger partial charge >= 0.3 is 0 Å². The van der Waals surface area contributed by atoms with E-state index < -0.39 is 11.4 Å². The maximum atomic E-state index is 14.2. The van der Waals surface area contributed by atoms with E-state index in [1.54, 1.807) is 42.5 Å². The molecule has 0 saturated heterocycles. The van der Waals surface area contributed by atoms with Crippen LogP contribution in [0.4, 0.5) is 4.39 Å². The molecule has 0 amide bonds. The maximum absolute atomic E-state index is 14.2. The topological polar surface area (TPSA) is 50.9 Å². The highest BCUT2D eigenvalue weighted by atomic mass is 35.5. The zero-order chi connectivity index (χ0) is 15.6. The van der Waals surface area contributed by atoms with Crippen LogP contribution in [0, 0.1) is 5.82 Å². The van der Waals surface area contributed by atoms with Crippen molar-refractivity contribution in [3.05, 3.63) is 83.2 Å². The van der Waals surface area contributed by atoms with Gasteiger partial charge in [0.05, 0.1) is 6.54 Å². The van der Waals surface area contributed by atoms with Crippen LogP contribution in [0.1, 0.15) is 11.1 Å². The van der Waals surface area contributed by atoms with Crippen LogP contribution < -0.4 is 0 Å². The van der Waals surface area contributed by atoms with E-state index >= 15 is 0 Å². The van der Waals surface area contributed by atoms with Crippen molar-refractivity contribution in [2.45, 2.75) is 12.1 Å². The van der Waals surface area contributed by atoms with Crippen molar-refractivity contribution in [1.82, 2.24) is 14.8 Å². The van der Waals surface area contributed by atoms with Crippen LogP contribution in [0.5, 0.6) is 0 Å². The molecular weight excluding hydrogens is 305 g/mol. The van der Waals surface area contributed by atoms with Gasteiger partial charge < -0.3 is 5.11 Å². The monoisotopic (exact) mass is 317 g/mol. The van der Waals surface area contributed by atoms with Gasteiger partial charge in [0.15, 0.2) is 0 Å². The Labute approximate surface area is 131 Å². The van der Waals surface area contributed by atoms with Gasteiger partial charge in [-0.2, -0.15) is 5.10 Å². The van der Waals surface area contributed by atoms with Gasteiger partial charge in [-0.1, -0.05) is 41.9 Å². The molecule has 0 fully saturated rings. The predicted octanol–water partition coefficient (Wildman–Crippen LogP) is 3.01. The molecule has 1 atom stereocenters. The number of halogens is 2. The van der Waals surface area contributed by atoms with Gasteiger partial charge in [0.2, 0.25) is 0 Å². The first kappa shape index (κ1) is 14.7. The van der Waals surface area contributed by atoms with Crippen molar-refractivity contribution in [3.8, 4) is 0 Å². The molecule has 2 aromatic carbocycles. The van der Waals surface area contributed by atoms with Crippen LogP contribution in [0.3, 0.4) is 0 Å². The Morgan fingerprint density at radius 2 is 1.86 bits per heavy atom. The Kier molecular flexibility index (Phi) is 3.92. The maximum Gasteiger partial charge on any atom is 0.137 e. The Hall–Kier alpha value is -2.24. The Bertz CT molecular complexity index is 761. The summed E-state index contributed by atoms with van der Waals surface area (Å²) in [5.74, 6) is -0.486. The molecule has 0 saturated carbocycles. The Balaban J connectivity index is 2.13. The highest BCUT2D eigenvalue weighted by molar-refractivity contribution is 6.30. The van der Waals surface area contributed by atoms with Crippen molar-refractivity contribution >= 4 is 11.6 Å². The van der Waals surface area contributed by atoms with Gasteiger partial charge in [-0.05, 0) is 23.8 Å². The second-order valence-electron chi connectivity index (χ2n) is 4.94. The molecule has 4 nitrogen and oxygen atoms in total. The molecule has 1 N–H and O–H groups in total. The first-order chi connectivity index (χ1) is 10.6. The van der Waals surface area contributed by atoms with Gasteiger partial charge in [0.1, 0.15) is 24.1 Å². The average Bonchev–Trinajstić information content (AvgIpc) is 3.01. The summed E-state index contributed by atoms with van der Waals surface area (Å²) in [6.45, 7) is 0.0373. The minimum absolute atomic E-state index is 0.0373. The molecule has 0 spiro atoms. The van der Waals surface area contributed by atoms with Gasteiger partial charge in [-0.15, -0.1) is 0 Å². The van der Waals surface area contributed by atoms with Gasteiger partial charge in [-0.3, -0.25) is 0 Å². The van der Waals surface area contributed by atoms with E-state index in [0.29, 0.717) is 10.6 Å². The minimum Gasteiger partial charge on any atom is -0.378 e. The lowest BCUT2D eigenvalue weighted by Gasteiger charge is -2.29. The molecule has 0 bridgehead atoms. The summed E-state index contributed by atoms with van der Waals surface area (Å²) in [7, 11) is 0. The van der Waals surface area contributed by atoms with Crippen LogP contribution in [-0.2, 0) is 12.1 Å². The van der Waals surface area contributed by atoms with Crippen molar-refractivity contribution in [2.75, 3.05) is 0 Å². The number of nitrogens with zero attached hydrogens (tertiary/aromatic N) is 3. The number of hydrogen-bond acceptors (Lipinski definition) is 3. The molecule has 1 heterocycles. The van der Waals surface area contributed by atoms with E-state index in [1.165, 1.54) is 23.4 Å². The van der Waals surface area contributed by atoms with E-state index in [0.717, 1.165) is 0 Å². The van der Waals surface area contributed by atoms with Crippen molar-refractivity contribution in [1.29, 1.82) is 0 Å². The third-order valence-corrected chi connectivity index (χ3v) is 3.75. The van der Waals surface area contributed by atoms with E-state index in [1.807, 2.05) is 0 Å². The van der Waals surface area contributed by atoms with Gasteiger partial charge in [0.25, 0.3) is 0 Å². The highest BCUT2D eigenvalue weighted by Crippen LogP contribution is 2.33. The van der Waals surface area contributed by atoms with E-state index in [2.05, 4.69) is 10.1 Å². The van der Waals surface area contributed by atoms with Crippen molar-refractivity contribution in [2.24, 2.45) is 0 Å². The second-order valence-corrected chi connectivity index (χ2v) is 5.38. The fourth-order valence-corrected chi connectivity index (χ4v) is 2.53. The van der Waals surface area contributed by atoms with Gasteiger partial charge in [-0.25, -0.2) is 14.1 Å². The molecule has 3 aromatic rings. The molecule has 0 aliphatic heterocycles. The number of aliphatic hydroxyl groups is 1. The second kappa shape index (κ2) is 5.87. The molecule has 0 aliphatic rings. The van der Waals surface area contributed by atoms with Crippen LogP contribution in [0.2, 0.25) is 5.02 Å². The molecule has 22 heavy (non-hydrogen) atoms. The van der Waals surface area contributed by atoms with Crippen LogP contribution in [0.15, 0.2) is 61.2 Å². The third kappa shape index (κ3) is 2.73. The highest BCUT2D eigenvalue weighted by Gasteiger charge is 2.35. The smallest absolute Gasteiger partial charge is 0.137 e. The molecule has 0 aliphatic carbocycles. The summed E-state index contributed by atoms with van der Waals surface area (Å²) < 4.78 is 15.7. The fourth-order valence-electron chi connectivity index (χ4n) is 2.40. The first-order valence-electron chi connectivity index (χ1n) is 6.65. The largest absolute Gasteiger partial charge is 0.378 e. The summed E-state index contributed by atoms with van der Waals surface area (Å²) in [6, 6.07) is 12.8. The zero-order valence-corrected chi connectivity index (χ0v) is 12.3. The van der Waals surface area contributed by atoms with Crippen molar-refractivity contribution < 1.29 is 9.50 Å². The van der Waals surface area contributed by atoms with E-state index in [9.17, 15) is 9.50 Å². The third-order valence-electron chi connectivity index (χ3n) is 3.50. The molecule has 1 unspecified atom stereocenters. The molecular formula is C16H13ClFN3O. The quantitative estimate of drug-likeness (QED) is 0.804. The van der Waals surface area contributed by atoms with E-state index in [-0.39, 0.29) is 12.1 Å². The van der Waals surface area contributed by atoms with Crippen LogP contribution in [0.25, 0.3) is 0 Å². The lowest BCUT2D eigenvalue weighted by molar-refractivity contribution is 0.0536. The number of rotatable bonds is 4. The summed E-state index contributed by atoms with van der Waals surface area (Å²) in [5, 5.41) is 15.8. The molecule has 1 aromatic heterocycles. The SMILES string of the molecule is OC(Cn1cncn1)(c1ccc(Cl)cc1)c1ccccc1F. The Morgan fingerprint density at radius 1 is 1.14 bits per heavy atom. The molecule has 3 rings (SSSR count). The normalized spacial score (nSPS) is 13.8. The lowest BCUT2D eigenvalue weighted by Crippen LogP contribution is -2.34. The molecule has 112 valence electrons. The minimum atomic E-state index is -1.58. The number of aromatic nitrogens is 3. The molecule has 6 heteroatoms. The summed E-state index contributed by atoms with van der Waals surface area (Å²) in [5.41, 5.74) is -0.880. The zero-order valence-electron chi connectivity index (χ0n) is 11.5. The standard InChI is InChI=1S/C16H13ClFN3O/c17-13-7-5-12(6-8-13)16(22,9-21-11-19-10-20-21)14-3-1-2-4-15(14)18/h1-8,10-11,22H,9H2. The summed E-state index contributed by atoms with van der Waals surface area (Å²) in [4.78, 5) is 3.86. The van der Waals surface area contributed by atoms with Gasteiger partial charge in [0, 0.05) is 10.6 Å². The average molecular weight is 318 g/mol. The Morgan fingerprint density at radius 3 is 2.50 bits per heavy atom. The fraction of sp³-hybridized carbons (Fsp3) is 0.125. The lowest BCUT2D eigenvalue weighted by atomic mass is 9.86. The molecule has 0 radical (unpaired) electrons. The summed E-state index contributed by atoms with van der Waals surface area (Å²) >= 11 is 5.90. The van der Waals surface area contributed by atoms with Crippen LogP contribution in [-0.4, -0.2) is 19.9 Å². The first-order valence-corrected chi connectivity index (χ1v) is 7.03. The van der Waals surface area contributed by atoms with Crippen LogP contribution >= 0.6 is 11.6 Å². The number of hydrogen-bond donors (Lipinski definition) is 1. The van der Waals surface area contributed by atoms with E-state index in [4.69, 9.17) is 11.6 Å². The van der Waals surface area contributed by atoms with Crippen molar-refractivity contribution in [3.63, 3.8) is 0 Å². The summed E-state index contributed by atoms with van der Waals surface area (Å²) in [6.07, 6.45) is 2.84.